The lowest BCUT2D eigenvalue weighted by Gasteiger charge is -2.49. The maximum Gasteiger partial charge on any atom is 0.410 e. The molecule has 3 saturated heterocycles. The lowest BCUT2D eigenvalue weighted by molar-refractivity contribution is -0.170. The number of likely N-dealkylation sites (N-methyl/N-ethyl adjacent to an activating group) is 2. The maximum absolute atomic E-state index is 14.6. The lowest BCUT2D eigenvalue weighted by atomic mass is 9.82. The van der Waals surface area contributed by atoms with Crippen LogP contribution >= 0.6 is 0 Å². The van der Waals surface area contributed by atoms with E-state index in [2.05, 4.69) is 5.32 Å². The number of piperidine rings is 3. The summed E-state index contributed by atoms with van der Waals surface area (Å²) in [6.07, 6.45) is 0.973. The Morgan fingerprint density at radius 3 is 2.00 bits per heavy atom. The van der Waals surface area contributed by atoms with Gasteiger partial charge in [0.2, 0.25) is 0 Å². The lowest BCUT2D eigenvalue weighted by Crippen LogP contribution is -2.63. The molecule has 0 radical (unpaired) electrons. The number of likely N-dealkylation sites (tertiary alicyclic amines) is 3. The number of phenolic OH excluding ortho intramolecular Hbond substituents is 1. The van der Waals surface area contributed by atoms with Gasteiger partial charge in [-0.1, -0.05) is 30.3 Å². The van der Waals surface area contributed by atoms with Crippen molar-refractivity contribution in [2.24, 2.45) is 5.92 Å². The molecule has 0 saturated carbocycles. The number of phenols is 1. The zero-order valence-corrected chi connectivity index (χ0v) is 37.9. The van der Waals surface area contributed by atoms with Gasteiger partial charge in [-0.2, -0.15) is 0 Å². The summed E-state index contributed by atoms with van der Waals surface area (Å²) in [6, 6.07) is 11.0. The van der Waals surface area contributed by atoms with Crippen molar-refractivity contribution in [3.63, 3.8) is 0 Å². The number of fused-ring (bicyclic) bond motifs is 1. The summed E-state index contributed by atoms with van der Waals surface area (Å²) in [4.78, 5) is 103. The topological polar surface area (TPSA) is 199 Å². The van der Waals surface area contributed by atoms with Gasteiger partial charge in [0.05, 0.1) is 5.92 Å². The fourth-order valence-electron chi connectivity index (χ4n) is 9.12. The van der Waals surface area contributed by atoms with Crippen molar-refractivity contribution in [1.29, 1.82) is 0 Å². The number of carbonyl (C=O) groups is 7. The second kappa shape index (κ2) is 20.7. The Kier molecular flexibility index (Phi) is 15.4. The molecule has 0 aliphatic carbocycles. The Balaban J connectivity index is 1.13. The summed E-state index contributed by atoms with van der Waals surface area (Å²) in [5.41, 5.74) is 2.58. The van der Waals surface area contributed by atoms with Crippen LogP contribution in [0, 0.1) is 19.8 Å². The molecule has 64 heavy (non-hydrogen) atoms. The summed E-state index contributed by atoms with van der Waals surface area (Å²) < 4.78 is 17.0. The third-order valence-corrected chi connectivity index (χ3v) is 13.2. The molecule has 2 aromatic carbocycles. The van der Waals surface area contributed by atoms with Gasteiger partial charge in [-0.05, 0) is 87.1 Å². The Morgan fingerprint density at radius 2 is 1.39 bits per heavy atom. The van der Waals surface area contributed by atoms with Crippen molar-refractivity contribution in [1.82, 2.24) is 29.4 Å². The molecule has 6 amide bonds. The number of aryl methyl sites for hydroxylation is 2. The Bertz CT molecular complexity index is 2050. The number of nitrogens with one attached hydrogen (secondary N) is 1. The van der Waals surface area contributed by atoms with Crippen molar-refractivity contribution in [2.45, 2.75) is 82.9 Å². The second-order valence-corrected chi connectivity index (χ2v) is 17.8. The van der Waals surface area contributed by atoms with Crippen LogP contribution in [0.15, 0.2) is 36.4 Å². The summed E-state index contributed by atoms with van der Waals surface area (Å²) >= 11 is 0. The van der Waals surface area contributed by atoms with Crippen LogP contribution in [-0.2, 0) is 51.0 Å². The zero-order valence-electron chi connectivity index (χ0n) is 37.9. The Morgan fingerprint density at radius 1 is 0.797 bits per heavy atom. The summed E-state index contributed by atoms with van der Waals surface area (Å²) in [5.74, 6) is -2.59. The highest BCUT2D eigenvalue weighted by Gasteiger charge is 2.50. The first-order valence-electron chi connectivity index (χ1n) is 22.2. The highest BCUT2D eigenvalue weighted by molar-refractivity contribution is 5.91. The molecule has 2 N–H and O–H groups in total. The van der Waals surface area contributed by atoms with Gasteiger partial charge in [-0.3, -0.25) is 28.9 Å². The minimum absolute atomic E-state index is 0.0393. The number of esters is 2. The average molecular weight is 890 g/mol. The van der Waals surface area contributed by atoms with E-state index in [-0.39, 0.29) is 62.7 Å². The fraction of sp³-hybridized carbons (Fsp3) is 0.587. The molecule has 0 bridgehead atoms. The highest BCUT2D eigenvalue weighted by Crippen LogP contribution is 2.36. The van der Waals surface area contributed by atoms with E-state index < -0.39 is 54.0 Å². The van der Waals surface area contributed by atoms with Crippen LogP contribution in [0.2, 0.25) is 0 Å². The van der Waals surface area contributed by atoms with Crippen LogP contribution in [0.25, 0.3) is 0 Å². The van der Waals surface area contributed by atoms with Crippen molar-refractivity contribution in [3.05, 3.63) is 58.7 Å². The molecule has 4 aliphatic rings. The number of aromatic hydroxyl groups is 1. The largest absolute Gasteiger partial charge is 0.507 e. The molecule has 0 unspecified atom stereocenters. The number of nitrogens with zero attached hydrogens (tertiary/aromatic N) is 6. The first-order chi connectivity index (χ1) is 30.5. The summed E-state index contributed by atoms with van der Waals surface area (Å²) in [7, 11) is 6.28. The van der Waals surface area contributed by atoms with Gasteiger partial charge in [0, 0.05) is 92.2 Å². The van der Waals surface area contributed by atoms with Gasteiger partial charge >= 0.3 is 24.1 Å². The monoisotopic (exact) mass is 889 g/mol. The van der Waals surface area contributed by atoms with Gasteiger partial charge in [-0.25, -0.2) is 9.59 Å². The standard InChI is InChI=1S/C46H63N7O11/c1-30-25-32(26-31(2)40(30)56)27-37(64-45(61)51-18-14-35(15-19-51)53-22-13-33-9-7-8-10-36(33)47-44(53)60)41(57)50-23-16-46(17-24-50,43(59)63-29-39(55)49(5)6)52-20-11-34(12-21-52)42(58)62-28-38(54)48(3)4/h7-10,25-26,34-35,37,56H,11-24,27-29H2,1-6H3,(H,47,60)/t37-/m1/s1. The van der Waals surface area contributed by atoms with E-state index in [1.54, 1.807) is 64.0 Å². The van der Waals surface area contributed by atoms with Gasteiger partial charge in [0.25, 0.3) is 17.7 Å². The summed E-state index contributed by atoms with van der Waals surface area (Å²) in [5, 5.41) is 13.5. The molecule has 1 atom stereocenters. The molecule has 18 nitrogen and oxygen atoms in total. The first kappa shape index (κ1) is 47.6. The van der Waals surface area contributed by atoms with Gasteiger partial charge in [0.1, 0.15) is 11.3 Å². The number of anilines is 1. The van der Waals surface area contributed by atoms with Crippen molar-refractivity contribution in [3.8, 4) is 5.75 Å². The van der Waals surface area contributed by atoms with E-state index in [1.807, 2.05) is 34.1 Å². The SMILES string of the molecule is Cc1cc(C[C@@H](OC(=O)N2CCC(N3CCc4ccccc4NC3=O)CC2)C(=O)N2CCC(C(=O)OCC(=O)N(C)C)(N3CCC(C(=O)OCC(=O)N(C)C)CC3)CC2)cc(C)c1O. The summed E-state index contributed by atoms with van der Waals surface area (Å²) in [6.45, 7) is 4.79. The maximum atomic E-state index is 14.6. The van der Waals surface area contributed by atoms with E-state index in [9.17, 15) is 38.7 Å². The number of amides is 6. The normalized spacial score (nSPS) is 18.8. The molecule has 0 aromatic heterocycles. The van der Waals surface area contributed by atoms with Gasteiger partial charge < -0.3 is 49.1 Å². The van der Waals surface area contributed by atoms with Crippen LogP contribution in [-0.4, -0.2) is 181 Å². The van der Waals surface area contributed by atoms with E-state index in [0.717, 1.165) is 11.3 Å². The van der Waals surface area contributed by atoms with Crippen LogP contribution in [0.5, 0.6) is 5.75 Å². The van der Waals surface area contributed by atoms with E-state index in [1.165, 1.54) is 9.80 Å². The third-order valence-electron chi connectivity index (χ3n) is 13.2. The molecule has 3 fully saturated rings. The quantitative estimate of drug-likeness (QED) is 0.234. The molecule has 348 valence electrons. The minimum Gasteiger partial charge on any atom is -0.507 e. The minimum atomic E-state index is -1.23. The third kappa shape index (κ3) is 11.1. The number of hydrogen-bond acceptors (Lipinski definition) is 12. The van der Waals surface area contributed by atoms with Gasteiger partial charge in [-0.15, -0.1) is 0 Å². The predicted molar refractivity (Wildman–Crippen MR) is 234 cm³/mol. The van der Waals surface area contributed by atoms with E-state index >= 15 is 0 Å². The number of para-hydroxylation sites is 1. The number of benzene rings is 2. The molecule has 2 aromatic rings. The van der Waals surface area contributed by atoms with Gasteiger partial charge in [0.15, 0.2) is 19.3 Å². The number of ether oxygens (including phenoxy) is 3. The Hall–Kier alpha value is -5.91. The number of urea groups is 1. The van der Waals surface area contributed by atoms with E-state index in [0.29, 0.717) is 81.5 Å². The molecule has 18 heteroatoms. The van der Waals surface area contributed by atoms with Crippen LogP contribution < -0.4 is 5.32 Å². The van der Waals surface area contributed by atoms with Crippen molar-refractivity contribution < 1.29 is 52.9 Å². The fourth-order valence-corrected chi connectivity index (χ4v) is 9.12. The number of hydrogen-bond donors (Lipinski definition) is 2. The Labute approximate surface area is 374 Å². The molecule has 4 heterocycles. The first-order valence-corrected chi connectivity index (χ1v) is 22.2. The second-order valence-electron chi connectivity index (χ2n) is 17.8. The molecular weight excluding hydrogens is 827 g/mol. The zero-order chi connectivity index (χ0) is 46.3. The molecule has 0 spiro atoms. The van der Waals surface area contributed by atoms with E-state index in [4.69, 9.17) is 14.2 Å². The molecular formula is C46H63N7O11. The number of rotatable bonds is 12. The molecule has 4 aliphatic heterocycles. The average Bonchev–Trinajstić information content (AvgIpc) is 3.46. The molecule has 6 rings (SSSR count). The number of carbonyl (C=O) groups excluding carboxylic acids is 7. The van der Waals surface area contributed by atoms with Crippen LogP contribution in [0.1, 0.15) is 60.8 Å². The van der Waals surface area contributed by atoms with Crippen molar-refractivity contribution >= 4 is 47.5 Å². The smallest absolute Gasteiger partial charge is 0.410 e. The highest BCUT2D eigenvalue weighted by atomic mass is 16.6. The predicted octanol–water partition coefficient (Wildman–Crippen LogP) is 2.95. The van der Waals surface area contributed by atoms with Crippen LogP contribution in [0.4, 0.5) is 15.3 Å². The van der Waals surface area contributed by atoms with Crippen LogP contribution in [0.3, 0.4) is 0 Å². The van der Waals surface area contributed by atoms with Crippen molar-refractivity contribution in [2.75, 3.05) is 92.5 Å².